The van der Waals surface area contributed by atoms with Crippen LogP contribution in [0.1, 0.15) is 26.2 Å². The van der Waals surface area contributed by atoms with Gasteiger partial charge in [-0.15, -0.1) is 0 Å². The fraction of sp³-hybridized carbons (Fsp3) is 0.533. The van der Waals surface area contributed by atoms with Crippen molar-refractivity contribution in [3.05, 3.63) is 24.0 Å². The van der Waals surface area contributed by atoms with Gasteiger partial charge >= 0.3 is 0 Å². The van der Waals surface area contributed by atoms with E-state index in [-0.39, 0.29) is 17.7 Å². The van der Waals surface area contributed by atoms with Gasteiger partial charge in [0.15, 0.2) is 0 Å². The molecule has 0 bridgehead atoms. The van der Waals surface area contributed by atoms with Crippen LogP contribution >= 0.6 is 0 Å². The molecule has 21 heavy (non-hydrogen) atoms. The van der Waals surface area contributed by atoms with E-state index >= 15 is 0 Å². The Balaban J connectivity index is 1.80. The summed E-state index contributed by atoms with van der Waals surface area (Å²) in [4.78, 5) is 12.0. The summed E-state index contributed by atoms with van der Waals surface area (Å²) in [6, 6.07) is 4.05. The number of halogens is 1. The van der Waals surface area contributed by atoms with Gasteiger partial charge in [0.1, 0.15) is 11.9 Å². The van der Waals surface area contributed by atoms with Gasteiger partial charge in [0, 0.05) is 12.3 Å². The predicted molar refractivity (Wildman–Crippen MR) is 78.4 cm³/mol. The van der Waals surface area contributed by atoms with Crippen molar-refractivity contribution < 1.29 is 18.7 Å². The summed E-state index contributed by atoms with van der Waals surface area (Å²) in [6.07, 6.45) is 2.63. The molecule has 1 aliphatic rings. The molecule has 1 saturated heterocycles. The van der Waals surface area contributed by atoms with E-state index in [1.807, 2.05) is 0 Å². The van der Waals surface area contributed by atoms with Crippen LogP contribution in [0.4, 0.5) is 15.8 Å². The van der Waals surface area contributed by atoms with Crippen LogP contribution in [0.15, 0.2) is 18.2 Å². The third kappa shape index (κ3) is 4.68. The summed E-state index contributed by atoms with van der Waals surface area (Å²) < 4.78 is 24.1. The molecule has 0 aliphatic carbocycles. The number of carbonyl (C=O) groups is 1. The first kappa shape index (κ1) is 15.7. The van der Waals surface area contributed by atoms with E-state index in [0.717, 1.165) is 25.9 Å². The van der Waals surface area contributed by atoms with E-state index in [0.29, 0.717) is 12.3 Å². The first-order valence-corrected chi connectivity index (χ1v) is 7.15. The summed E-state index contributed by atoms with van der Waals surface area (Å²) in [5.74, 6) is -0.802. The largest absolute Gasteiger partial charge is 0.396 e. The normalized spacial score (nSPS) is 20.0. The number of anilines is 2. The lowest BCUT2D eigenvalue weighted by molar-refractivity contribution is -0.130. The molecule has 0 spiro atoms. The van der Waals surface area contributed by atoms with Crippen LogP contribution in [0.5, 0.6) is 0 Å². The van der Waals surface area contributed by atoms with Crippen molar-refractivity contribution in [2.45, 2.75) is 38.4 Å². The Bertz CT molecular complexity index is 490. The highest BCUT2D eigenvalue weighted by Gasteiger charge is 2.19. The molecule has 3 N–H and O–H groups in total. The zero-order valence-corrected chi connectivity index (χ0v) is 12.1. The molecular formula is C15H21FN2O3. The maximum absolute atomic E-state index is 13.0. The number of nitrogens with two attached hydrogens (primary N) is 1. The van der Waals surface area contributed by atoms with Gasteiger partial charge in [-0.05, 0) is 44.4 Å². The maximum atomic E-state index is 13.0. The Labute approximate surface area is 123 Å². The molecule has 1 aromatic carbocycles. The molecule has 2 rings (SSSR count). The molecule has 116 valence electrons. The summed E-state index contributed by atoms with van der Waals surface area (Å²) >= 11 is 0. The van der Waals surface area contributed by atoms with Crippen LogP contribution in [0, 0.1) is 5.82 Å². The molecule has 1 aromatic rings. The molecular weight excluding hydrogens is 275 g/mol. The average Bonchev–Trinajstić information content (AvgIpc) is 2.49. The van der Waals surface area contributed by atoms with Crippen molar-refractivity contribution in [2.75, 3.05) is 24.3 Å². The highest BCUT2D eigenvalue weighted by atomic mass is 19.1. The van der Waals surface area contributed by atoms with Crippen molar-refractivity contribution in [3.8, 4) is 0 Å². The minimum atomic E-state index is -0.609. The summed E-state index contributed by atoms with van der Waals surface area (Å²) in [5.41, 5.74) is 5.90. The molecule has 1 heterocycles. The van der Waals surface area contributed by atoms with Gasteiger partial charge in [0.25, 0.3) is 5.91 Å². The Morgan fingerprint density at radius 2 is 2.38 bits per heavy atom. The van der Waals surface area contributed by atoms with E-state index in [9.17, 15) is 9.18 Å². The summed E-state index contributed by atoms with van der Waals surface area (Å²) in [6.45, 7) is 2.83. The maximum Gasteiger partial charge on any atom is 0.253 e. The Hall–Kier alpha value is -1.66. The van der Waals surface area contributed by atoms with Crippen molar-refractivity contribution in [1.29, 1.82) is 0 Å². The first-order chi connectivity index (χ1) is 10.1. The fourth-order valence-corrected chi connectivity index (χ4v) is 2.13. The Morgan fingerprint density at radius 3 is 3.05 bits per heavy atom. The average molecular weight is 296 g/mol. The first-order valence-electron chi connectivity index (χ1n) is 7.15. The van der Waals surface area contributed by atoms with Crippen LogP contribution < -0.4 is 11.1 Å². The highest BCUT2D eigenvalue weighted by Crippen LogP contribution is 2.17. The third-order valence-electron chi connectivity index (χ3n) is 3.44. The standard InChI is InChI=1S/C15H21FN2O3/c1-10(21-9-12-4-2-3-7-20-12)15(19)18-11-5-6-13(16)14(17)8-11/h5-6,8,10,12H,2-4,7,9,17H2,1H3,(H,18,19). The number of hydrogen-bond acceptors (Lipinski definition) is 4. The van der Waals surface area contributed by atoms with Crippen molar-refractivity contribution >= 4 is 17.3 Å². The molecule has 1 aliphatic heterocycles. The molecule has 2 atom stereocenters. The number of amides is 1. The molecule has 1 amide bonds. The van der Waals surface area contributed by atoms with Crippen LogP contribution in [0.2, 0.25) is 0 Å². The van der Waals surface area contributed by atoms with E-state index in [4.69, 9.17) is 15.2 Å². The van der Waals surface area contributed by atoms with Crippen LogP contribution in [0.25, 0.3) is 0 Å². The molecule has 1 fully saturated rings. The number of rotatable bonds is 5. The Kier molecular flexibility index (Phi) is 5.52. The molecule has 0 radical (unpaired) electrons. The quantitative estimate of drug-likeness (QED) is 0.818. The monoisotopic (exact) mass is 296 g/mol. The van der Waals surface area contributed by atoms with Crippen molar-refractivity contribution in [3.63, 3.8) is 0 Å². The number of ether oxygens (including phenoxy) is 2. The van der Waals surface area contributed by atoms with Crippen molar-refractivity contribution in [2.24, 2.45) is 0 Å². The number of hydrogen-bond donors (Lipinski definition) is 2. The van der Waals surface area contributed by atoms with Crippen molar-refractivity contribution in [1.82, 2.24) is 0 Å². The second kappa shape index (κ2) is 7.38. The number of carbonyl (C=O) groups excluding carboxylic acids is 1. The van der Waals surface area contributed by atoms with E-state index in [1.54, 1.807) is 6.92 Å². The van der Waals surface area contributed by atoms with Gasteiger partial charge in [0.05, 0.1) is 18.4 Å². The number of nitrogen functional groups attached to an aromatic ring is 1. The van der Waals surface area contributed by atoms with Gasteiger partial charge in [-0.2, -0.15) is 0 Å². The van der Waals surface area contributed by atoms with Gasteiger partial charge in [-0.25, -0.2) is 4.39 Å². The van der Waals surface area contributed by atoms with E-state index in [1.165, 1.54) is 18.2 Å². The second-order valence-corrected chi connectivity index (χ2v) is 5.19. The lowest BCUT2D eigenvalue weighted by atomic mass is 10.1. The highest BCUT2D eigenvalue weighted by molar-refractivity contribution is 5.94. The number of nitrogens with one attached hydrogen (secondary N) is 1. The van der Waals surface area contributed by atoms with Gasteiger partial charge in [-0.3, -0.25) is 4.79 Å². The minimum absolute atomic E-state index is 0.00280. The van der Waals surface area contributed by atoms with Crippen LogP contribution in [-0.4, -0.2) is 31.3 Å². The van der Waals surface area contributed by atoms with E-state index in [2.05, 4.69) is 5.32 Å². The summed E-state index contributed by atoms with van der Waals surface area (Å²) in [5, 5.41) is 2.65. The van der Waals surface area contributed by atoms with Gasteiger partial charge in [-0.1, -0.05) is 0 Å². The van der Waals surface area contributed by atoms with Gasteiger partial charge < -0.3 is 20.5 Å². The Morgan fingerprint density at radius 1 is 1.57 bits per heavy atom. The zero-order valence-electron chi connectivity index (χ0n) is 12.1. The molecule has 0 aromatic heterocycles. The summed E-state index contributed by atoms with van der Waals surface area (Å²) in [7, 11) is 0. The smallest absolute Gasteiger partial charge is 0.253 e. The predicted octanol–water partition coefficient (Wildman–Crippen LogP) is 2.32. The van der Waals surface area contributed by atoms with Crippen LogP contribution in [0.3, 0.4) is 0 Å². The van der Waals surface area contributed by atoms with Gasteiger partial charge in [0.2, 0.25) is 0 Å². The zero-order chi connectivity index (χ0) is 15.2. The lowest BCUT2D eigenvalue weighted by Gasteiger charge is -2.23. The molecule has 5 nitrogen and oxygen atoms in total. The topological polar surface area (TPSA) is 73.6 Å². The number of benzene rings is 1. The lowest BCUT2D eigenvalue weighted by Crippen LogP contribution is -2.32. The molecule has 6 heteroatoms. The third-order valence-corrected chi connectivity index (χ3v) is 3.44. The minimum Gasteiger partial charge on any atom is -0.396 e. The molecule has 2 unspecified atom stereocenters. The second-order valence-electron chi connectivity index (χ2n) is 5.19. The van der Waals surface area contributed by atoms with Crippen LogP contribution in [-0.2, 0) is 14.3 Å². The SMILES string of the molecule is CC(OCC1CCCCO1)C(=O)Nc1ccc(F)c(N)c1. The fourth-order valence-electron chi connectivity index (χ4n) is 2.13. The molecule has 0 saturated carbocycles. The van der Waals surface area contributed by atoms with E-state index < -0.39 is 11.9 Å².